The molecule has 0 aromatic rings. The molecule has 0 N–H and O–H groups in total. The highest BCUT2D eigenvalue weighted by Gasteiger charge is 2.24. The molecule has 0 heterocycles. The summed E-state index contributed by atoms with van der Waals surface area (Å²) in [5.74, 6) is 1.92. The van der Waals surface area contributed by atoms with Gasteiger partial charge in [-0.3, -0.25) is 0 Å². The molecule has 0 spiro atoms. The molecule has 0 bridgehead atoms. The highest BCUT2D eigenvalue weighted by Crippen LogP contribution is 2.34. The van der Waals surface area contributed by atoms with E-state index in [0.29, 0.717) is 11.7 Å². The first-order chi connectivity index (χ1) is 5.74. The third-order valence-corrected chi connectivity index (χ3v) is 3.14. The molecule has 0 aliphatic heterocycles. The van der Waals surface area contributed by atoms with Crippen LogP contribution in [0.25, 0.3) is 0 Å². The average molecular weight is 168 g/mol. The van der Waals surface area contributed by atoms with Crippen LogP contribution in [0, 0.1) is 11.8 Å². The minimum absolute atomic E-state index is 0.375. The second-order valence-corrected chi connectivity index (χ2v) is 4.12. The van der Waals surface area contributed by atoms with Crippen molar-refractivity contribution in [2.75, 3.05) is 0 Å². The maximum absolute atomic E-state index is 11.0. The maximum Gasteiger partial charge on any atom is 0.130 e. The first kappa shape index (κ1) is 9.76. The van der Waals surface area contributed by atoms with Crippen LogP contribution in [0.1, 0.15) is 52.4 Å². The first-order valence-electron chi connectivity index (χ1n) is 5.23. The van der Waals surface area contributed by atoms with Gasteiger partial charge in [0.2, 0.25) is 0 Å². The Labute approximate surface area is 75.5 Å². The van der Waals surface area contributed by atoms with Crippen LogP contribution >= 0.6 is 0 Å². The van der Waals surface area contributed by atoms with Crippen LogP contribution in [0.5, 0.6) is 0 Å². The van der Waals surface area contributed by atoms with Gasteiger partial charge in [-0.05, 0) is 25.2 Å². The van der Waals surface area contributed by atoms with E-state index in [1.54, 1.807) is 6.92 Å². The molecular formula is C11H20O. The number of carbonyl (C=O) groups excluding carboxylic acids is 1. The molecule has 12 heavy (non-hydrogen) atoms. The molecule has 1 rings (SSSR count). The van der Waals surface area contributed by atoms with Crippen molar-refractivity contribution in [1.29, 1.82) is 0 Å². The van der Waals surface area contributed by atoms with Gasteiger partial charge in [-0.25, -0.2) is 0 Å². The zero-order valence-electron chi connectivity index (χ0n) is 8.31. The fraction of sp³-hybridized carbons (Fsp3) is 0.909. The number of rotatable bonds is 3. The predicted octanol–water partition coefficient (Wildman–Crippen LogP) is 3.18. The lowest BCUT2D eigenvalue weighted by Crippen LogP contribution is -2.20. The average Bonchev–Trinajstić information content (AvgIpc) is 2.04. The normalized spacial score (nSPS) is 30.2. The number of hydrogen-bond donors (Lipinski definition) is 0. The zero-order chi connectivity index (χ0) is 8.97. The predicted molar refractivity (Wildman–Crippen MR) is 51.0 cm³/mol. The monoisotopic (exact) mass is 168 g/mol. The molecule has 1 aliphatic carbocycles. The maximum atomic E-state index is 11.0. The molecule has 1 aliphatic rings. The van der Waals surface area contributed by atoms with Crippen LogP contribution in [-0.4, -0.2) is 5.78 Å². The van der Waals surface area contributed by atoms with Gasteiger partial charge >= 0.3 is 0 Å². The van der Waals surface area contributed by atoms with E-state index in [1.807, 2.05) is 0 Å². The standard InChI is InChI=1S/C11H20O/c1-3-10-6-4-5-7-11(10)8-9(2)12/h10-11H,3-8H2,1-2H3/t10-,11-/m0/s1. The summed E-state index contributed by atoms with van der Waals surface area (Å²) in [5.41, 5.74) is 0. The largest absolute Gasteiger partial charge is 0.300 e. The summed E-state index contributed by atoms with van der Waals surface area (Å²) in [6.45, 7) is 3.98. The number of carbonyl (C=O) groups is 1. The second kappa shape index (κ2) is 4.64. The van der Waals surface area contributed by atoms with Crippen LogP contribution < -0.4 is 0 Å². The van der Waals surface area contributed by atoms with Gasteiger partial charge in [0.1, 0.15) is 5.78 Å². The highest BCUT2D eigenvalue weighted by molar-refractivity contribution is 5.75. The summed E-state index contributed by atoms with van der Waals surface area (Å²) >= 11 is 0. The van der Waals surface area contributed by atoms with Gasteiger partial charge in [-0.2, -0.15) is 0 Å². The van der Waals surface area contributed by atoms with E-state index in [4.69, 9.17) is 0 Å². The highest BCUT2D eigenvalue weighted by atomic mass is 16.1. The Balaban J connectivity index is 2.41. The molecule has 0 aromatic carbocycles. The Bertz CT molecular complexity index is 151. The lowest BCUT2D eigenvalue weighted by Gasteiger charge is -2.29. The quantitative estimate of drug-likeness (QED) is 0.632. The van der Waals surface area contributed by atoms with E-state index >= 15 is 0 Å². The summed E-state index contributed by atoms with van der Waals surface area (Å²) in [4.78, 5) is 11.0. The van der Waals surface area contributed by atoms with E-state index in [-0.39, 0.29) is 0 Å². The summed E-state index contributed by atoms with van der Waals surface area (Å²) in [7, 11) is 0. The van der Waals surface area contributed by atoms with Gasteiger partial charge in [0.25, 0.3) is 0 Å². The van der Waals surface area contributed by atoms with E-state index < -0.39 is 0 Å². The molecule has 1 heteroatoms. The van der Waals surface area contributed by atoms with Crippen LogP contribution in [0.2, 0.25) is 0 Å². The van der Waals surface area contributed by atoms with Gasteiger partial charge in [-0.1, -0.05) is 32.6 Å². The van der Waals surface area contributed by atoms with Gasteiger partial charge in [-0.15, -0.1) is 0 Å². The Morgan fingerprint density at radius 3 is 2.33 bits per heavy atom. The zero-order valence-corrected chi connectivity index (χ0v) is 8.31. The van der Waals surface area contributed by atoms with Crippen molar-refractivity contribution in [1.82, 2.24) is 0 Å². The molecule has 1 nitrogen and oxygen atoms in total. The van der Waals surface area contributed by atoms with Crippen LogP contribution in [0.3, 0.4) is 0 Å². The first-order valence-corrected chi connectivity index (χ1v) is 5.23. The summed E-state index contributed by atoms with van der Waals surface area (Å²) in [5, 5.41) is 0. The van der Waals surface area contributed by atoms with Crippen molar-refractivity contribution in [2.45, 2.75) is 52.4 Å². The fourth-order valence-corrected chi connectivity index (χ4v) is 2.46. The van der Waals surface area contributed by atoms with E-state index in [0.717, 1.165) is 12.3 Å². The van der Waals surface area contributed by atoms with Crippen LogP contribution in [-0.2, 0) is 4.79 Å². The van der Waals surface area contributed by atoms with Gasteiger partial charge < -0.3 is 4.79 Å². The lowest BCUT2D eigenvalue weighted by molar-refractivity contribution is -0.118. The molecule has 0 saturated heterocycles. The SMILES string of the molecule is CC[C@H]1CCCC[C@H]1CC(C)=O. The van der Waals surface area contributed by atoms with Crippen LogP contribution in [0.4, 0.5) is 0 Å². The third-order valence-electron chi connectivity index (χ3n) is 3.14. The van der Waals surface area contributed by atoms with Crippen LogP contribution in [0.15, 0.2) is 0 Å². The third kappa shape index (κ3) is 2.62. The summed E-state index contributed by atoms with van der Waals surface area (Å²) < 4.78 is 0. The molecule has 2 atom stereocenters. The van der Waals surface area contributed by atoms with Gasteiger partial charge in [0, 0.05) is 6.42 Å². The van der Waals surface area contributed by atoms with Gasteiger partial charge in [0.15, 0.2) is 0 Å². The topological polar surface area (TPSA) is 17.1 Å². The number of hydrogen-bond acceptors (Lipinski definition) is 1. The van der Waals surface area contributed by atoms with Crippen molar-refractivity contribution in [3.05, 3.63) is 0 Å². The van der Waals surface area contributed by atoms with Gasteiger partial charge in [0.05, 0.1) is 0 Å². The van der Waals surface area contributed by atoms with Crippen molar-refractivity contribution in [3.63, 3.8) is 0 Å². The molecule has 0 amide bonds. The number of Topliss-reactive ketones (excluding diaryl/α,β-unsaturated/α-hetero) is 1. The van der Waals surface area contributed by atoms with E-state index in [1.165, 1.54) is 32.1 Å². The fourth-order valence-electron chi connectivity index (χ4n) is 2.46. The summed E-state index contributed by atoms with van der Waals surface area (Å²) in [6.07, 6.45) is 7.46. The second-order valence-electron chi connectivity index (χ2n) is 4.12. The Morgan fingerprint density at radius 1 is 1.25 bits per heavy atom. The van der Waals surface area contributed by atoms with Crippen molar-refractivity contribution >= 4 is 5.78 Å². The minimum atomic E-state index is 0.375. The van der Waals surface area contributed by atoms with E-state index in [2.05, 4.69) is 6.92 Å². The molecule has 1 saturated carbocycles. The molecule has 0 unspecified atom stereocenters. The molecule has 70 valence electrons. The minimum Gasteiger partial charge on any atom is -0.300 e. The molecular weight excluding hydrogens is 148 g/mol. The summed E-state index contributed by atoms with van der Waals surface area (Å²) in [6, 6.07) is 0. The van der Waals surface area contributed by atoms with Crippen molar-refractivity contribution in [3.8, 4) is 0 Å². The smallest absolute Gasteiger partial charge is 0.130 e. The molecule has 0 radical (unpaired) electrons. The lowest BCUT2D eigenvalue weighted by atomic mass is 9.75. The Hall–Kier alpha value is -0.330. The van der Waals surface area contributed by atoms with Crippen molar-refractivity contribution < 1.29 is 4.79 Å². The molecule has 1 fully saturated rings. The Kier molecular flexibility index (Phi) is 3.77. The van der Waals surface area contributed by atoms with E-state index in [9.17, 15) is 4.79 Å². The van der Waals surface area contributed by atoms with Crippen molar-refractivity contribution in [2.24, 2.45) is 11.8 Å². The Morgan fingerprint density at radius 2 is 1.83 bits per heavy atom. The molecule has 0 aromatic heterocycles. The number of ketones is 1.